The Morgan fingerprint density at radius 3 is 2.48 bits per heavy atom. The van der Waals surface area contributed by atoms with Gasteiger partial charge in [0.2, 0.25) is 5.91 Å². The highest BCUT2D eigenvalue weighted by Crippen LogP contribution is 2.46. The molecule has 0 aromatic heterocycles. The average Bonchev–Trinajstić information content (AvgIpc) is 3.28. The van der Waals surface area contributed by atoms with Crippen LogP contribution in [0.1, 0.15) is 55.3 Å². The summed E-state index contributed by atoms with van der Waals surface area (Å²) in [5, 5.41) is 12.0. The minimum absolute atomic E-state index is 0.151. The second-order valence-electron chi connectivity index (χ2n) is 6.32. The number of benzene rings is 1. The largest absolute Gasteiger partial charge is 0.480 e. The lowest BCUT2D eigenvalue weighted by atomic mass is 9.89. The van der Waals surface area contributed by atoms with E-state index in [0.29, 0.717) is 12.8 Å². The molecule has 0 aliphatic heterocycles. The average molecular weight is 287 g/mol. The van der Waals surface area contributed by atoms with E-state index >= 15 is 0 Å². The highest BCUT2D eigenvalue weighted by atomic mass is 16.4. The van der Waals surface area contributed by atoms with Crippen LogP contribution in [-0.2, 0) is 22.4 Å². The highest BCUT2D eigenvalue weighted by molar-refractivity contribution is 6.04. The molecule has 1 atom stereocenters. The number of carbonyl (C=O) groups is 2. The molecule has 1 unspecified atom stereocenters. The molecule has 2 aliphatic rings. The molecule has 0 saturated heterocycles. The van der Waals surface area contributed by atoms with Gasteiger partial charge in [-0.2, -0.15) is 0 Å². The van der Waals surface area contributed by atoms with Gasteiger partial charge < -0.3 is 10.4 Å². The first kappa shape index (κ1) is 14.1. The zero-order chi connectivity index (χ0) is 15.0. The Kier molecular flexibility index (Phi) is 3.47. The lowest BCUT2D eigenvalue weighted by molar-refractivity contribution is -0.149. The number of nitrogens with one attached hydrogen (secondary N) is 1. The minimum atomic E-state index is -1.16. The third kappa shape index (κ3) is 2.55. The Labute approximate surface area is 124 Å². The smallest absolute Gasteiger partial charge is 0.319 e. The van der Waals surface area contributed by atoms with Crippen molar-refractivity contribution in [3.63, 3.8) is 0 Å². The first-order valence-corrected chi connectivity index (χ1v) is 7.69. The number of carbonyl (C=O) groups excluding carboxylic acids is 1. The van der Waals surface area contributed by atoms with Gasteiger partial charge >= 0.3 is 5.97 Å². The van der Waals surface area contributed by atoms with Crippen LogP contribution in [0.4, 0.5) is 0 Å². The van der Waals surface area contributed by atoms with Gasteiger partial charge in [0.25, 0.3) is 0 Å². The first-order valence-electron chi connectivity index (χ1n) is 7.69. The van der Waals surface area contributed by atoms with Crippen molar-refractivity contribution in [2.45, 2.75) is 51.5 Å². The number of fused-ring (bicyclic) bond motifs is 1. The van der Waals surface area contributed by atoms with Crippen molar-refractivity contribution in [1.82, 2.24) is 5.32 Å². The van der Waals surface area contributed by atoms with Crippen molar-refractivity contribution in [2.24, 2.45) is 5.41 Å². The third-order valence-corrected chi connectivity index (χ3v) is 4.81. The number of hydrogen-bond donors (Lipinski definition) is 2. The van der Waals surface area contributed by atoms with E-state index in [-0.39, 0.29) is 11.9 Å². The molecule has 1 fully saturated rings. The Morgan fingerprint density at radius 1 is 1.19 bits per heavy atom. The fraction of sp³-hybridized carbons (Fsp3) is 0.529. The number of aliphatic carboxylic acids is 1. The molecule has 1 aromatic rings. The Balaban J connectivity index is 1.72. The number of carboxylic acid groups (broad SMARTS) is 1. The lowest BCUT2D eigenvalue weighted by Crippen LogP contribution is -2.38. The monoisotopic (exact) mass is 287 g/mol. The van der Waals surface area contributed by atoms with Crippen LogP contribution in [0.2, 0.25) is 0 Å². The number of carboxylic acids is 1. The third-order valence-electron chi connectivity index (χ3n) is 4.81. The van der Waals surface area contributed by atoms with Crippen LogP contribution in [0.15, 0.2) is 18.2 Å². The van der Waals surface area contributed by atoms with Gasteiger partial charge in [0.1, 0.15) is 5.41 Å². The molecular weight excluding hydrogens is 266 g/mol. The van der Waals surface area contributed by atoms with Crippen LogP contribution in [-0.4, -0.2) is 17.0 Å². The number of rotatable bonds is 4. The molecule has 4 nitrogen and oxygen atoms in total. The molecule has 112 valence electrons. The van der Waals surface area contributed by atoms with Crippen LogP contribution in [0.5, 0.6) is 0 Å². The number of amides is 1. The van der Waals surface area contributed by atoms with Gasteiger partial charge in [-0.05, 0) is 62.1 Å². The Hall–Kier alpha value is -1.84. The van der Waals surface area contributed by atoms with E-state index in [4.69, 9.17) is 5.11 Å². The quantitative estimate of drug-likeness (QED) is 0.837. The maximum absolute atomic E-state index is 12.1. The molecule has 0 bridgehead atoms. The minimum Gasteiger partial charge on any atom is -0.480 e. The summed E-state index contributed by atoms with van der Waals surface area (Å²) in [5.74, 6) is -1.35. The van der Waals surface area contributed by atoms with Crippen molar-refractivity contribution >= 4 is 11.9 Å². The van der Waals surface area contributed by atoms with E-state index in [0.717, 1.165) is 18.4 Å². The van der Waals surface area contributed by atoms with Crippen molar-refractivity contribution in [2.75, 3.05) is 0 Å². The maximum atomic E-state index is 12.1. The molecule has 21 heavy (non-hydrogen) atoms. The number of hydrogen-bond acceptors (Lipinski definition) is 2. The number of aryl methyl sites for hydroxylation is 2. The zero-order valence-electron chi connectivity index (χ0n) is 12.3. The van der Waals surface area contributed by atoms with Crippen LogP contribution < -0.4 is 5.32 Å². The van der Waals surface area contributed by atoms with Crippen molar-refractivity contribution in [3.8, 4) is 0 Å². The summed E-state index contributed by atoms with van der Waals surface area (Å²) in [6.07, 6.45) is 5.61. The van der Waals surface area contributed by atoms with E-state index < -0.39 is 11.4 Å². The summed E-state index contributed by atoms with van der Waals surface area (Å²) in [5.41, 5.74) is 2.68. The van der Waals surface area contributed by atoms with Crippen LogP contribution in [0.3, 0.4) is 0 Å². The summed E-state index contributed by atoms with van der Waals surface area (Å²) in [6.45, 7) is 1.92. The fourth-order valence-corrected chi connectivity index (χ4v) is 3.10. The SMILES string of the molecule is CC(NC(=O)C1(C(=O)O)CC1)c1ccc2c(c1)CCCC2. The normalized spacial score (nSPS) is 20.2. The van der Waals surface area contributed by atoms with Crippen LogP contribution in [0.25, 0.3) is 0 Å². The van der Waals surface area contributed by atoms with Crippen molar-refractivity contribution in [3.05, 3.63) is 34.9 Å². The van der Waals surface area contributed by atoms with E-state index in [1.807, 2.05) is 6.92 Å². The van der Waals surface area contributed by atoms with Crippen molar-refractivity contribution < 1.29 is 14.7 Å². The summed E-state index contributed by atoms with van der Waals surface area (Å²) in [7, 11) is 0. The molecule has 2 aliphatic carbocycles. The first-order chi connectivity index (χ1) is 10.0. The van der Waals surface area contributed by atoms with Gasteiger partial charge in [-0.25, -0.2) is 0 Å². The molecule has 0 radical (unpaired) electrons. The summed E-state index contributed by atoms with van der Waals surface area (Å²) >= 11 is 0. The van der Waals surface area contributed by atoms with E-state index in [1.165, 1.54) is 24.0 Å². The van der Waals surface area contributed by atoms with Gasteiger partial charge in [-0.3, -0.25) is 9.59 Å². The predicted molar refractivity (Wildman–Crippen MR) is 78.9 cm³/mol. The second-order valence-corrected chi connectivity index (χ2v) is 6.32. The van der Waals surface area contributed by atoms with Gasteiger partial charge in [0.05, 0.1) is 6.04 Å². The molecule has 2 N–H and O–H groups in total. The zero-order valence-corrected chi connectivity index (χ0v) is 12.3. The van der Waals surface area contributed by atoms with Gasteiger partial charge in [-0.1, -0.05) is 18.2 Å². The molecule has 1 amide bonds. The predicted octanol–water partition coefficient (Wildman–Crippen LogP) is 2.61. The molecule has 0 spiro atoms. The lowest BCUT2D eigenvalue weighted by Gasteiger charge is -2.21. The molecule has 1 saturated carbocycles. The Bertz CT molecular complexity index is 590. The van der Waals surface area contributed by atoms with E-state index in [1.54, 1.807) is 0 Å². The molecule has 3 rings (SSSR count). The summed E-state index contributed by atoms with van der Waals surface area (Å²) in [4.78, 5) is 23.3. The fourth-order valence-electron chi connectivity index (χ4n) is 3.10. The van der Waals surface area contributed by atoms with E-state index in [2.05, 4.69) is 23.5 Å². The van der Waals surface area contributed by atoms with Gasteiger partial charge in [0, 0.05) is 0 Å². The standard InChI is InChI=1S/C17H21NO3/c1-11(18-15(19)17(8-9-17)16(20)21)13-7-6-12-4-2-3-5-14(12)10-13/h6-7,10-11H,2-5,8-9H2,1H3,(H,18,19)(H,20,21). The molecular formula is C17H21NO3. The molecule has 1 aromatic carbocycles. The maximum Gasteiger partial charge on any atom is 0.319 e. The van der Waals surface area contributed by atoms with E-state index in [9.17, 15) is 9.59 Å². The van der Waals surface area contributed by atoms with Gasteiger partial charge in [0.15, 0.2) is 0 Å². The molecule has 4 heteroatoms. The summed E-state index contributed by atoms with van der Waals surface area (Å²) in [6, 6.07) is 6.22. The second kappa shape index (κ2) is 5.17. The van der Waals surface area contributed by atoms with Gasteiger partial charge in [-0.15, -0.1) is 0 Å². The van der Waals surface area contributed by atoms with Crippen molar-refractivity contribution in [1.29, 1.82) is 0 Å². The topological polar surface area (TPSA) is 66.4 Å². The Morgan fingerprint density at radius 2 is 1.86 bits per heavy atom. The van der Waals surface area contributed by atoms with Crippen LogP contribution >= 0.6 is 0 Å². The summed E-state index contributed by atoms with van der Waals surface area (Å²) < 4.78 is 0. The highest BCUT2D eigenvalue weighted by Gasteiger charge is 2.57. The molecule has 0 heterocycles. The van der Waals surface area contributed by atoms with Crippen LogP contribution in [0, 0.1) is 5.41 Å².